The Hall–Kier alpha value is -7.34. The second kappa shape index (κ2) is 13.6. The number of thiophene rings is 1. The van der Waals surface area contributed by atoms with E-state index in [1.807, 2.05) is 49.7 Å². The van der Waals surface area contributed by atoms with Crippen molar-refractivity contribution in [3.8, 4) is 44.8 Å². The summed E-state index contributed by atoms with van der Waals surface area (Å²) in [5, 5.41) is 4.91. The Morgan fingerprint density at radius 1 is 0.400 bits per heavy atom. The highest BCUT2D eigenvalue weighted by molar-refractivity contribution is 7.25. The molecule has 13 rings (SSSR count). The summed E-state index contributed by atoms with van der Waals surface area (Å²) in [4.78, 5) is 9.54. The fraction of sp³-hybridized carbons (Fsp3) is 0.0545. The van der Waals surface area contributed by atoms with Gasteiger partial charge < -0.3 is 9.13 Å². The van der Waals surface area contributed by atoms with Crippen LogP contribution < -0.4 is 0 Å². The van der Waals surface area contributed by atoms with Crippen LogP contribution in [0.2, 0.25) is 0 Å². The molecule has 0 radical (unpaired) electrons. The summed E-state index contributed by atoms with van der Waals surface area (Å²) < 4.78 is 7.30. The zero-order chi connectivity index (χ0) is 39.9. The molecule has 0 fully saturated rings. The van der Waals surface area contributed by atoms with E-state index in [4.69, 9.17) is 9.97 Å². The van der Waals surface area contributed by atoms with Gasteiger partial charge in [-0.25, -0.2) is 0 Å². The summed E-state index contributed by atoms with van der Waals surface area (Å²) in [6.07, 6.45) is 4.72. The molecular formula is C55H38N4S. The van der Waals surface area contributed by atoms with Crippen molar-refractivity contribution in [3.63, 3.8) is 0 Å². The second-order valence-corrected chi connectivity index (χ2v) is 16.5. The van der Waals surface area contributed by atoms with Crippen molar-refractivity contribution in [2.24, 2.45) is 0 Å². The minimum atomic E-state index is 0.948. The molecule has 0 aliphatic heterocycles. The van der Waals surface area contributed by atoms with Gasteiger partial charge in [0.25, 0.3) is 0 Å². The summed E-state index contributed by atoms with van der Waals surface area (Å²) in [5.41, 5.74) is 19.2. The lowest BCUT2D eigenvalue weighted by molar-refractivity contribution is 1.17. The third-order valence-electron chi connectivity index (χ3n) is 12.2. The number of hydrogen-bond acceptors (Lipinski definition) is 3. The van der Waals surface area contributed by atoms with Crippen LogP contribution in [0.1, 0.15) is 25.0 Å². The summed E-state index contributed by atoms with van der Waals surface area (Å²) in [5.74, 6) is 0. The monoisotopic (exact) mass is 786 g/mol. The maximum Gasteiger partial charge on any atom is 0.0963 e. The van der Waals surface area contributed by atoms with E-state index in [1.165, 1.54) is 86.5 Å². The van der Waals surface area contributed by atoms with Crippen LogP contribution in [0.3, 0.4) is 0 Å². The first-order chi connectivity index (χ1) is 29.7. The molecule has 0 unspecified atom stereocenters. The van der Waals surface area contributed by atoms with Crippen LogP contribution in [0, 0.1) is 0 Å². The maximum atomic E-state index is 4.77. The second-order valence-electron chi connectivity index (χ2n) is 15.4. The van der Waals surface area contributed by atoms with Crippen LogP contribution in [-0.2, 0) is 6.42 Å². The van der Waals surface area contributed by atoms with Crippen LogP contribution in [0.5, 0.6) is 0 Å². The van der Waals surface area contributed by atoms with Crippen LogP contribution in [0.4, 0.5) is 0 Å². The molecule has 1 aliphatic carbocycles. The van der Waals surface area contributed by atoms with Gasteiger partial charge in [-0.3, -0.25) is 9.97 Å². The van der Waals surface area contributed by atoms with Crippen LogP contribution in [0.25, 0.3) is 109 Å². The third-order valence-corrected chi connectivity index (χ3v) is 13.4. The number of aromatic nitrogens is 4. The summed E-state index contributed by atoms with van der Waals surface area (Å²) in [7, 11) is 0. The molecule has 0 N–H and O–H groups in total. The SMILES string of the molecule is CC.c1cc(-c2ccc3c(c2)-c2cc(-n4c5ccccc5c5ncccc54)ccc2C3)cc(-c2ccc3sc4ccc(-n5c6ccccc6c6ncccc65)cc4c3c2)c1. The molecule has 0 atom stereocenters. The number of fused-ring (bicyclic) bond motifs is 12. The molecule has 7 aromatic carbocycles. The first-order valence-electron chi connectivity index (χ1n) is 20.8. The Kier molecular flexibility index (Phi) is 7.87. The van der Waals surface area contributed by atoms with Gasteiger partial charge >= 0.3 is 0 Å². The van der Waals surface area contributed by atoms with Gasteiger partial charge in [0.15, 0.2) is 0 Å². The van der Waals surface area contributed by atoms with Gasteiger partial charge in [0.05, 0.1) is 33.1 Å². The number of benzene rings is 7. The van der Waals surface area contributed by atoms with Crippen LogP contribution in [-0.4, -0.2) is 19.1 Å². The van der Waals surface area contributed by atoms with Crippen molar-refractivity contribution in [1.29, 1.82) is 0 Å². The van der Waals surface area contributed by atoms with Crippen molar-refractivity contribution in [3.05, 3.63) is 193 Å². The van der Waals surface area contributed by atoms with Crippen LogP contribution in [0.15, 0.2) is 182 Å². The Balaban J connectivity index is 0.00000191. The van der Waals surface area contributed by atoms with E-state index in [0.717, 1.165) is 39.9 Å². The van der Waals surface area contributed by atoms with Crippen LogP contribution >= 0.6 is 11.3 Å². The fourth-order valence-electron chi connectivity index (χ4n) is 9.56. The summed E-state index contributed by atoms with van der Waals surface area (Å²) in [6, 6.07) is 62.4. The molecule has 4 nitrogen and oxygen atoms in total. The Morgan fingerprint density at radius 2 is 0.900 bits per heavy atom. The first-order valence-corrected chi connectivity index (χ1v) is 21.6. The highest BCUT2D eigenvalue weighted by Crippen LogP contribution is 2.43. The molecular weight excluding hydrogens is 749 g/mol. The summed E-state index contributed by atoms with van der Waals surface area (Å²) in [6.45, 7) is 4.00. The largest absolute Gasteiger partial charge is 0.308 e. The van der Waals surface area contributed by atoms with E-state index in [2.05, 4.69) is 167 Å². The number of nitrogens with zero attached hydrogens (tertiary/aromatic N) is 4. The number of pyridine rings is 2. The Morgan fingerprint density at radius 3 is 1.58 bits per heavy atom. The zero-order valence-electron chi connectivity index (χ0n) is 33.2. The molecule has 1 aliphatic rings. The molecule has 0 saturated carbocycles. The van der Waals surface area contributed by atoms with E-state index in [1.54, 1.807) is 0 Å². The molecule has 284 valence electrons. The lowest BCUT2D eigenvalue weighted by atomic mass is 9.95. The van der Waals surface area contributed by atoms with Crippen molar-refractivity contribution in [2.45, 2.75) is 20.3 Å². The lowest BCUT2D eigenvalue weighted by Gasteiger charge is -2.11. The van der Waals surface area contributed by atoms with Gasteiger partial charge in [-0.1, -0.05) is 92.7 Å². The van der Waals surface area contributed by atoms with Gasteiger partial charge in [0.2, 0.25) is 0 Å². The van der Waals surface area contributed by atoms with E-state index >= 15 is 0 Å². The highest BCUT2D eigenvalue weighted by atomic mass is 32.1. The van der Waals surface area contributed by atoms with Crippen molar-refractivity contribution >= 4 is 75.4 Å². The number of rotatable bonds is 4. The predicted molar refractivity (Wildman–Crippen MR) is 254 cm³/mol. The lowest BCUT2D eigenvalue weighted by Crippen LogP contribution is -1.95. The minimum absolute atomic E-state index is 0.948. The van der Waals surface area contributed by atoms with Crippen molar-refractivity contribution in [1.82, 2.24) is 19.1 Å². The molecule has 0 spiro atoms. The van der Waals surface area contributed by atoms with E-state index < -0.39 is 0 Å². The van der Waals surface area contributed by atoms with Crippen molar-refractivity contribution in [2.75, 3.05) is 0 Å². The predicted octanol–water partition coefficient (Wildman–Crippen LogP) is 15.0. The standard InChI is InChI=1S/C53H32N4S.C2H6/c1-3-12-46-40(10-1)52-48(14-6-24-54-52)56(46)38-20-18-37-27-36-17-16-34(28-42(36)43(37)30-38)32-8-5-9-33(26-32)35-19-22-50-44(29-35)45-31-39(21-23-51(45)58-50)57-47-13-4-2-11-41(47)53-49(57)15-7-25-55-53;1-2/h1-26,28-31H,27H2;1-2H3. The van der Waals surface area contributed by atoms with Gasteiger partial charge in [-0.2, -0.15) is 0 Å². The van der Waals surface area contributed by atoms with Gasteiger partial charge in [0.1, 0.15) is 0 Å². The van der Waals surface area contributed by atoms with Gasteiger partial charge in [-0.15, -0.1) is 11.3 Å². The van der Waals surface area contributed by atoms with Gasteiger partial charge in [0, 0.05) is 54.7 Å². The first kappa shape index (κ1) is 34.7. The normalized spacial score (nSPS) is 12.1. The molecule has 60 heavy (non-hydrogen) atoms. The smallest absolute Gasteiger partial charge is 0.0963 e. The zero-order valence-corrected chi connectivity index (χ0v) is 34.0. The van der Waals surface area contributed by atoms with Gasteiger partial charge in [-0.05, 0) is 142 Å². The third kappa shape index (κ3) is 5.22. The van der Waals surface area contributed by atoms with E-state index in [-0.39, 0.29) is 0 Å². The highest BCUT2D eigenvalue weighted by Gasteiger charge is 2.22. The molecule has 0 bridgehead atoms. The average molecular weight is 787 g/mol. The Bertz CT molecular complexity index is 3570. The number of para-hydroxylation sites is 2. The minimum Gasteiger partial charge on any atom is -0.308 e. The molecule has 5 heterocycles. The molecule has 12 aromatic rings. The van der Waals surface area contributed by atoms with Crippen molar-refractivity contribution < 1.29 is 0 Å². The Labute approximate surface area is 351 Å². The number of hydrogen-bond donors (Lipinski definition) is 0. The quantitative estimate of drug-likeness (QED) is 0.178. The van der Waals surface area contributed by atoms with E-state index in [0.29, 0.717) is 0 Å². The fourth-order valence-corrected chi connectivity index (χ4v) is 10.6. The summed E-state index contributed by atoms with van der Waals surface area (Å²) >= 11 is 1.86. The molecule has 0 amide bonds. The molecule has 0 saturated heterocycles. The average Bonchev–Trinajstić information content (AvgIpc) is 4.06. The maximum absolute atomic E-state index is 4.77. The molecule has 5 heteroatoms. The molecule has 5 aromatic heterocycles. The topological polar surface area (TPSA) is 35.6 Å². The van der Waals surface area contributed by atoms with E-state index in [9.17, 15) is 0 Å².